The van der Waals surface area contributed by atoms with Gasteiger partial charge >= 0.3 is 12.1 Å². The molecule has 1 aromatic carbocycles. The lowest BCUT2D eigenvalue weighted by atomic mass is 10.0. The van der Waals surface area contributed by atoms with Crippen LogP contribution in [-0.2, 0) is 14.8 Å². The number of benzene rings is 1. The summed E-state index contributed by atoms with van der Waals surface area (Å²) in [7, 11) is -4.57. The molecule has 1 heterocycles. The van der Waals surface area contributed by atoms with E-state index in [0.717, 1.165) is 6.07 Å². The fourth-order valence-electron chi connectivity index (χ4n) is 2.39. The van der Waals surface area contributed by atoms with E-state index in [1.165, 1.54) is 39.0 Å². The molecule has 0 spiro atoms. The van der Waals surface area contributed by atoms with E-state index in [1.807, 2.05) is 0 Å². The number of carboxylic acid groups (broad SMARTS) is 1. The predicted molar refractivity (Wildman–Crippen MR) is 83.3 cm³/mol. The van der Waals surface area contributed by atoms with Crippen LogP contribution in [-0.4, -0.2) is 37.3 Å². The molecular weight excluding hydrogens is 363 g/mol. The molecule has 0 saturated carbocycles. The molecule has 0 fully saturated rings. The van der Waals surface area contributed by atoms with Crippen LogP contribution in [0.4, 0.5) is 13.2 Å². The van der Waals surface area contributed by atoms with Crippen molar-refractivity contribution >= 4 is 20.9 Å². The maximum atomic E-state index is 13.3. The van der Waals surface area contributed by atoms with E-state index < -0.39 is 44.3 Å². The Kier molecular flexibility index (Phi) is 4.64. The van der Waals surface area contributed by atoms with Gasteiger partial charge in [-0.05, 0) is 32.9 Å². The van der Waals surface area contributed by atoms with Gasteiger partial charge in [-0.15, -0.1) is 0 Å². The molecule has 6 nitrogen and oxygen atoms in total. The highest BCUT2D eigenvalue weighted by Crippen LogP contribution is 2.43. The van der Waals surface area contributed by atoms with Crippen molar-refractivity contribution < 1.29 is 36.2 Å². The first-order chi connectivity index (χ1) is 11.2. The summed E-state index contributed by atoms with van der Waals surface area (Å²) in [6.07, 6.45) is -8.00. The van der Waals surface area contributed by atoms with Crippen molar-refractivity contribution in [3.8, 4) is 5.75 Å². The monoisotopic (exact) mass is 379 g/mol. The molecule has 1 aliphatic rings. The minimum Gasteiger partial charge on any atom is -0.478 e. The summed E-state index contributed by atoms with van der Waals surface area (Å²) in [6, 6.07) is 5.09. The van der Waals surface area contributed by atoms with Gasteiger partial charge in [-0.25, -0.2) is 17.9 Å². The summed E-state index contributed by atoms with van der Waals surface area (Å²) in [5.41, 5.74) is -2.64. The quantitative estimate of drug-likeness (QED) is 0.842. The van der Waals surface area contributed by atoms with E-state index in [9.17, 15) is 31.5 Å². The van der Waals surface area contributed by atoms with Crippen molar-refractivity contribution in [2.75, 3.05) is 0 Å². The van der Waals surface area contributed by atoms with Gasteiger partial charge in [-0.3, -0.25) is 0 Å². The number of para-hydroxylation sites is 1. The standard InChI is InChI=1S/C15H16F3NO5S/c1-14(2,3)19-25(22,23)11-8-6-4-5-7-9(8)24-12(15(16,17)18)10(11)13(20)21/h4-7,12,19H,1-3H3,(H,20,21). The molecule has 2 N–H and O–H groups in total. The first-order valence-electron chi connectivity index (χ1n) is 7.08. The Morgan fingerprint density at radius 1 is 1.20 bits per heavy atom. The van der Waals surface area contributed by atoms with Crippen LogP contribution >= 0.6 is 0 Å². The molecule has 1 atom stereocenters. The van der Waals surface area contributed by atoms with Crippen molar-refractivity contribution in [2.45, 2.75) is 38.6 Å². The minimum atomic E-state index is -5.11. The molecule has 0 saturated heterocycles. The SMILES string of the molecule is CC(C)(C)NS(=O)(=O)C1=C(C(=O)O)C(C(F)(F)F)Oc2ccccc21. The van der Waals surface area contributed by atoms with Gasteiger partial charge in [0.1, 0.15) is 16.2 Å². The number of carbonyl (C=O) groups is 1. The van der Waals surface area contributed by atoms with Crippen LogP contribution in [0, 0.1) is 0 Å². The van der Waals surface area contributed by atoms with E-state index >= 15 is 0 Å². The number of carboxylic acids is 1. The lowest BCUT2D eigenvalue weighted by Crippen LogP contribution is -2.46. The number of ether oxygens (including phenoxy) is 1. The summed E-state index contributed by atoms with van der Waals surface area (Å²) in [5.74, 6) is -2.38. The lowest BCUT2D eigenvalue weighted by molar-refractivity contribution is -0.187. The number of rotatable bonds is 3. The van der Waals surface area contributed by atoms with Crippen LogP contribution in [0.3, 0.4) is 0 Å². The summed E-state index contributed by atoms with van der Waals surface area (Å²) in [4.78, 5) is 10.6. The number of fused-ring (bicyclic) bond motifs is 1. The molecular formula is C15H16F3NO5S. The molecule has 1 aliphatic heterocycles. The number of halogens is 3. The maximum Gasteiger partial charge on any atom is 0.430 e. The van der Waals surface area contributed by atoms with Gasteiger partial charge in [-0.2, -0.15) is 13.2 Å². The van der Waals surface area contributed by atoms with E-state index in [4.69, 9.17) is 4.74 Å². The molecule has 0 amide bonds. The topological polar surface area (TPSA) is 92.7 Å². The van der Waals surface area contributed by atoms with Gasteiger partial charge in [0, 0.05) is 11.1 Å². The Morgan fingerprint density at radius 3 is 2.24 bits per heavy atom. The molecule has 0 aliphatic carbocycles. The van der Waals surface area contributed by atoms with Gasteiger partial charge < -0.3 is 9.84 Å². The highest BCUT2D eigenvalue weighted by Gasteiger charge is 2.52. The number of nitrogens with one attached hydrogen (secondary N) is 1. The van der Waals surface area contributed by atoms with Crippen LogP contribution in [0.25, 0.3) is 4.91 Å². The second-order valence-corrected chi connectivity index (χ2v) is 8.06. The molecule has 25 heavy (non-hydrogen) atoms. The Labute approximate surface area is 142 Å². The largest absolute Gasteiger partial charge is 0.478 e. The summed E-state index contributed by atoms with van der Waals surface area (Å²) >= 11 is 0. The molecule has 0 aromatic heterocycles. The Hall–Kier alpha value is -2.07. The average molecular weight is 379 g/mol. The smallest absolute Gasteiger partial charge is 0.430 e. The van der Waals surface area contributed by atoms with Gasteiger partial charge in [0.2, 0.25) is 16.1 Å². The number of sulfonamides is 1. The summed E-state index contributed by atoms with van der Waals surface area (Å²) in [6.45, 7) is 4.45. The average Bonchev–Trinajstić information content (AvgIpc) is 2.41. The molecule has 10 heteroatoms. The third-order valence-corrected chi connectivity index (χ3v) is 4.98. The predicted octanol–water partition coefficient (Wildman–Crippen LogP) is 2.52. The molecule has 0 radical (unpaired) electrons. The zero-order valence-corrected chi connectivity index (χ0v) is 14.3. The van der Waals surface area contributed by atoms with Crippen LogP contribution in [0.1, 0.15) is 26.3 Å². The third-order valence-electron chi connectivity index (χ3n) is 3.12. The first-order valence-corrected chi connectivity index (χ1v) is 8.56. The van der Waals surface area contributed by atoms with Crippen LogP contribution in [0.2, 0.25) is 0 Å². The van der Waals surface area contributed by atoms with Crippen LogP contribution < -0.4 is 9.46 Å². The van der Waals surface area contributed by atoms with Crippen molar-refractivity contribution in [3.05, 3.63) is 35.4 Å². The van der Waals surface area contributed by atoms with Gasteiger partial charge in [0.05, 0.1) is 0 Å². The second kappa shape index (κ2) is 6.03. The van der Waals surface area contributed by atoms with E-state index in [-0.39, 0.29) is 11.3 Å². The number of hydrogen-bond acceptors (Lipinski definition) is 4. The third kappa shape index (κ3) is 3.96. The first kappa shape index (κ1) is 19.3. The summed E-state index contributed by atoms with van der Waals surface area (Å²) in [5, 5.41) is 9.30. The van der Waals surface area contributed by atoms with Crippen molar-refractivity contribution in [3.63, 3.8) is 0 Å². The molecule has 1 unspecified atom stereocenters. The zero-order chi connectivity index (χ0) is 19.2. The highest BCUT2D eigenvalue weighted by molar-refractivity contribution is 7.99. The van der Waals surface area contributed by atoms with Gasteiger partial charge in [0.15, 0.2) is 0 Å². The normalized spacial score (nSPS) is 18.6. The Balaban J connectivity index is 2.85. The van der Waals surface area contributed by atoms with E-state index in [1.54, 1.807) is 0 Å². The Morgan fingerprint density at radius 2 is 1.76 bits per heavy atom. The van der Waals surface area contributed by atoms with Crippen LogP contribution in [0.15, 0.2) is 29.8 Å². The van der Waals surface area contributed by atoms with Gasteiger partial charge in [0.25, 0.3) is 0 Å². The maximum absolute atomic E-state index is 13.3. The molecule has 138 valence electrons. The van der Waals surface area contributed by atoms with Crippen molar-refractivity contribution in [1.29, 1.82) is 0 Å². The minimum absolute atomic E-state index is 0.239. The zero-order valence-electron chi connectivity index (χ0n) is 13.5. The number of aliphatic carboxylic acids is 1. The van der Waals surface area contributed by atoms with Crippen molar-refractivity contribution in [1.82, 2.24) is 4.72 Å². The van der Waals surface area contributed by atoms with Crippen LogP contribution in [0.5, 0.6) is 5.75 Å². The van der Waals surface area contributed by atoms with Gasteiger partial charge in [-0.1, -0.05) is 12.1 Å². The second-order valence-electron chi connectivity index (χ2n) is 6.44. The Bertz CT molecular complexity index is 837. The van der Waals surface area contributed by atoms with Crippen molar-refractivity contribution in [2.24, 2.45) is 0 Å². The number of hydrogen-bond donors (Lipinski definition) is 2. The molecule has 0 bridgehead atoms. The van der Waals surface area contributed by atoms with E-state index in [0.29, 0.717) is 0 Å². The fourth-order valence-corrected chi connectivity index (χ4v) is 4.24. The fraction of sp³-hybridized carbons (Fsp3) is 0.400. The molecule has 1 aromatic rings. The number of alkyl halides is 3. The lowest BCUT2D eigenvalue weighted by Gasteiger charge is -2.31. The molecule has 2 rings (SSSR count). The van der Waals surface area contributed by atoms with E-state index in [2.05, 4.69) is 4.72 Å². The summed E-state index contributed by atoms with van der Waals surface area (Å²) < 4.78 is 72.3. The highest BCUT2D eigenvalue weighted by atomic mass is 32.2.